The van der Waals surface area contributed by atoms with E-state index in [1.54, 1.807) is 25.6 Å². The second kappa shape index (κ2) is 12.3. The highest BCUT2D eigenvalue weighted by Crippen LogP contribution is 2.25. The summed E-state index contributed by atoms with van der Waals surface area (Å²) in [7, 11) is 5.26. The normalized spacial score (nSPS) is 14.9. The van der Waals surface area contributed by atoms with Crippen LogP contribution >= 0.6 is 35.3 Å². The number of aromatic nitrogens is 1. The van der Waals surface area contributed by atoms with Crippen LogP contribution in [0, 0.1) is 6.92 Å². The standard InChI is InChI=1S/C21H31N5O2S.HI/c1-16-24-18(15-29-16)7-8-23-21(22-2)26-11-9-25(10-12-26)14-17-13-19(27-3)5-6-20(17)28-4;/h5-6,13,15H,7-12,14H2,1-4H3,(H,22,23);1H. The van der Waals surface area contributed by atoms with Crippen LogP contribution < -0.4 is 14.8 Å². The molecule has 2 heterocycles. The molecule has 0 bridgehead atoms. The summed E-state index contributed by atoms with van der Waals surface area (Å²) in [5.41, 5.74) is 2.30. The summed E-state index contributed by atoms with van der Waals surface area (Å²) >= 11 is 1.70. The molecule has 1 N–H and O–H groups in total. The molecule has 0 spiro atoms. The molecule has 9 heteroatoms. The van der Waals surface area contributed by atoms with Crippen molar-refractivity contribution in [3.8, 4) is 11.5 Å². The number of halogens is 1. The van der Waals surface area contributed by atoms with Crippen LogP contribution in [0.25, 0.3) is 0 Å². The van der Waals surface area contributed by atoms with E-state index in [-0.39, 0.29) is 24.0 Å². The number of nitrogens with zero attached hydrogens (tertiary/aromatic N) is 4. The van der Waals surface area contributed by atoms with E-state index in [0.29, 0.717) is 0 Å². The van der Waals surface area contributed by atoms with Crippen molar-refractivity contribution < 1.29 is 9.47 Å². The molecule has 1 aliphatic heterocycles. The lowest BCUT2D eigenvalue weighted by atomic mass is 10.1. The maximum absolute atomic E-state index is 5.52. The minimum atomic E-state index is 0. The molecule has 0 saturated carbocycles. The van der Waals surface area contributed by atoms with Crippen molar-refractivity contribution >= 4 is 41.3 Å². The van der Waals surface area contributed by atoms with E-state index < -0.39 is 0 Å². The molecule has 1 fully saturated rings. The zero-order valence-corrected chi connectivity index (χ0v) is 21.3. The predicted molar refractivity (Wildman–Crippen MR) is 134 cm³/mol. The van der Waals surface area contributed by atoms with Crippen molar-refractivity contribution in [2.75, 3.05) is 54.0 Å². The van der Waals surface area contributed by atoms with E-state index in [4.69, 9.17) is 9.47 Å². The Bertz CT molecular complexity index is 821. The number of piperazine rings is 1. The van der Waals surface area contributed by atoms with E-state index in [0.717, 1.165) is 79.4 Å². The lowest BCUT2D eigenvalue weighted by molar-refractivity contribution is 0.171. The van der Waals surface area contributed by atoms with Gasteiger partial charge in [0, 0.05) is 63.7 Å². The van der Waals surface area contributed by atoms with Gasteiger partial charge in [-0.1, -0.05) is 0 Å². The van der Waals surface area contributed by atoms with E-state index >= 15 is 0 Å². The van der Waals surface area contributed by atoms with E-state index in [1.807, 2.05) is 26.1 Å². The number of thiazole rings is 1. The molecule has 3 rings (SSSR count). The minimum absolute atomic E-state index is 0. The first kappa shape index (κ1) is 24.7. The lowest BCUT2D eigenvalue weighted by Gasteiger charge is -2.36. The molecule has 7 nitrogen and oxygen atoms in total. The monoisotopic (exact) mass is 545 g/mol. The van der Waals surface area contributed by atoms with Gasteiger partial charge >= 0.3 is 0 Å². The van der Waals surface area contributed by atoms with Crippen molar-refractivity contribution in [3.63, 3.8) is 0 Å². The number of methoxy groups -OCH3 is 2. The number of benzene rings is 1. The van der Waals surface area contributed by atoms with Gasteiger partial charge in [0.2, 0.25) is 0 Å². The number of nitrogens with one attached hydrogen (secondary N) is 1. The molecule has 0 aliphatic carbocycles. The SMILES string of the molecule is CN=C(NCCc1csc(C)n1)N1CCN(Cc2cc(OC)ccc2OC)CC1.I. The number of hydrogen-bond donors (Lipinski definition) is 1. The first-order chi connectivity index (χ1) is 14.1. The fourth-order valence-electron chi connectivity index (χ4n) is 3.52. The zero-order valence-electron chi connectivity index (χ0n) is 18.2. The second-order valence-corrected chi connectivity index (χ2v) is 8.09. The highest BCUT2D eigenvalue weighted by Gasteiger charge is 2.20. The third-order valence-electron chi connectivity index (χ3n) is 5.10. The number of aryl methyl sites for hydroxylation is 1. The molecular weight excluding hydrogens is 513 g/mol. The maximum atomic E-state index is 5.52. The summed E-state index contributed by atoms with van der Waals surface area (Å²) in [6, 6.07) is 5.97. The summed E-state index contributed by atoms with van der Waals surface area (Å²) in [6.45, 7) is 7.59. The molecule has 30 heavy (non-hydrogen) atoms. The third-order valence-corrected chi connectivity index (χ3v) is 5.92. The smallest absolute Gasteiger partial charge is 0.193 e. The van der Waals surface area contributed by atoms with Crippen LogP contribution in [-0.4, -0.2) is 74.7 Å². The fourth-order valence-corrected chi connectivity index (χ4v) is 4.17. The summed E-state index contributed by atoms with van der Waals surface area (Å²) in [5, 5.41) is 6.73. The highest BCUT2D eigenvalue weighted by atomic mass is 127. The van der Waals surface area contributed by atoms with Crippen molar-refractivity contribution in [3.05, 3.63) is 39.8 Å². The minimum Gasteiger partial charge on any atom is -0.497 e. The van der Waals surface area contributed by atoms with Gasteiger partial charge in [0.15, 0.2) is 5.96 Å². The van der Waals surface area contributed by atoms with Crippen LogP contribution in [0.3, 0.4) is 0 Å². The van der Waals surface area contributed by atoms with E-state index in [1.165, 1.54) is 0 Å². The number of hydrogen-bond acceptors (Lipinski definition) is 6. The molecule has 0 amide bonds. The zero-order chi connectivity index (χ0) is 20.6. The molecule has 0 atom stereocenters. The average Bonchev–Trinajstić information content (AvgIpc) is 3.17. The summed E-state index contributed by atoms with van der Waals surface area (Å²) < 4.78 is 10.9. The van der Waals surface area contributed by atoms with Crippen molar-refractivity contribution in [1.29, 1.82) is 0 Å². The summed E-state index contributed by atoms with van der Waals surface area (Å²) in [4.78, 5) is 13.8. The van der Waals surface area contributed by atoms with Gasteiger partial charge in [-0.2, -0.15) is 0 Å². The van der Waals surface area contributed by atoms with Crippen LogP contribution in [0.1, 0.15) is 16.3 Å². The van der Waals surface area contributed by atoms with Crippen LogP contribution in [-0.2, 0) is 13.0 Å². The number of guanidine groups is 1. The van der Waals surface area contributed by atoms with E-state index in [2.05, 4.69) is 36.5 Å². The average molecular weight is 545 g/mol. The quantitative estimate of drug-likeness (QED) is 0.328. The largest absolute Gasteiger partial charge is 0.497 e. The Morgan fingerprint density at radius 3 is 2.57 bits per heavy atom. The molecule has 1 aliphatic rings. The van der Waals surface area contributed by atoms with Crippen LogP contribution in [0.4, 0.5) is 0 Å². The molecule has 0 unspecified atom stereocenters. The van der Waals surface area contributed by atoms with Gasteiger partial charge in [-0.3, -0.25) is 9.89 Å². The molecule has 1 aromatic carbocycles. The third kappa shape index (κ3) is 6.71. The lowest BCUT2D eigenvalue weighted by Crippen LogP contribution is -2.52. The Morgan fingerprint density at radius 2 is 1.97 bits per heavy atom. The summed E-state index contributed by atoms with van der Waals surface area (Å²) in [5.74, 6) is 2.73. The van der Waals surface area contributed by atoms with Gasteiger partial charge in [-0.25, -0.2) is 4.98 Å². The number of aliphatic imine (C=N–C) groups is 1. The number of rotatable bonds is 7. The van der Waals surface area contributed by atoms with Crippen molar-refractivity contribution in [2.24, 2.45) is 4.99 Å². The van der Waals surface area contributed by atoms with Gasteiger partial charge in [0.1, 0.15) is 11.5 Å². The molecule has 1 aromatic heterocycles. The van der Waals surface area contributed by atoms with Gasteiger partial charge in [0.25, 0.3) is 0 Å². The first-order valence-corrected chi connectivity index (χ1v) is 10.8. The Labute approximate surface area is 200 Å². The molecule has 1 saturated heterocycles. The fraction of sp³-hybridized carbons (Fsp3) is 0.524. The molecule has 166 valence electrons. The molecule has 0 radical (unpaired) electrons. The van der Waals surface area contributed by atoms with Gasteiger partial charge < -0.3 is 19.7 Å². The Morgan fingerprint density at radius 1 is 1.20 bits per heavy atom. The topological polar surface area (TPSA) is 62.2 Å². The van der Waals surface area contributed by atoms with Crippen LogP contribution in [0.5, 0.6) is 11.5 Å². The highest BCUT2D eigenvalue weighted by molar-refractivity contribution is 14.0. The van der Waals surface area contributed by atoms with E-state index in [9.17, 15) is 0 Å². The first-order valence-electron chi connectivity index (χ1n) is 9.92. The van der Waals surface area contributed by atoms with Crippen LogP contribution in [0.15, 0.2) is 28.6 Å². The van der Waals surface area contributed by atoms with Crippen LogP contribution in [0.2, 0.25) is 0 Å². The summed E-state index contributed by atoms with van der Waals surface area (Å²) in [6.07, 6.45) is 0.916. The number of ether oxygens (including phenoxy) is 2. The Kier molecular flexibility index (Phi) is 10.1. The Balaban J connectivity index is 0.00000320. The van der Waals surface area contributed by atoms with Gasteiger partial charge in [-0.15, -0.1) is 35.3 Å². The Hall–Kier alpha value is -1.59. The maximum Gasteiger partial charge on any atom is 0.193 e. The van der Waals surface area contributed by atoms with Crippen molar-refractivity contribution in [1.82, 2.24) is 20.1 Å². The predicted octanol–water partition coefficient (Wildman–Crippen LogP) is 3.02. The van der Waals surface area contributed by atoms with Crippen molar-refractivity contribution in [2.45, 2.75) is 19.9 Å². The van der Waals surface area contributed by atoms with Gasteiger partial charge in [-0.05, 0) is 25.1 Å². The molecular formula is C21H32IN5O2S. The van der Waals surface area contributed by atoms with Gasteiger partial charge in [0.05, 0.1) is 24.9 Å². The second-order valence-electron chi connectivity index (χ2n) is 7.02. The molecule has 2 aromatic rings.